The first-order valence-corrected chi connectivity index (χ1v) is 10.9. The lowest BCUT2D eigenvalue weighted by Crippen LogP contribution is -2.60. The maximum absolute atomic E-state index is 12.5. The smallest absolute Gasteiger partial charge is 0.231 e. The maximum atomic E-state index is 12.5. The van der Waals surface area contributed by atoms with Crippen LogP contribution in [0.2, 0.25) is 0 Å². The van der Waals surface area contributed by atoms with Gasteiger partial charge in [-0.15, -0.1) is 5.10 Å². The van der Waals surface area contributed by atoms with E-state index in [1.54, 1.807) is 7.05 Å². The average Bonchev–Trinajstić information content (AvgIpc) is 2.89. The first kappa shape index (κ1) is 19.2. The molecule has 0 radical (unpaired) electrons. The molecule has 9 nitrogen and oxygen atoms in total. The van der Waals surface area contributed by atoms with Crippen molar-refractivity contribution in [3.05, 3.63) is 11.3 Å². The number of fused-ring (bicyclic) bond motifs is 1. The second kappa shape index (κ2) is 6.57. The number of β-lactam (4-membered cyclic amide) rings is 1. The number of sulfone groups is 1. The van der Waals surface area contributed by atoms with Crippen LogP contribution >= 0.6 is 24.0 Å². The fraction of sp³-hybridized carbons (Fsp3) is 0.643. The van der Waals surface area contributed by atoms with E-state index < -0.39 is 20.8 Å². The Bertz CT molecular complexity index is 900. The SMILES string of the molecule is Cn1nnnc1SCC1=C(C(=S)OC(C)(C)C)N2C(=O)CC2S(=O)(=O)C1. The molecule has 0 saturated carbocycles. The standard InChI is InChI=1S/C14H19N5O4S3/c1-14(2,3)23-12(24)11-8(6-25-13-15-16-17-18(13)4)7-26(21,22)10-5-9(20)19(10)11/h10H,5-7H2,1-4H3. The summed E-state index contributed by atoms with van der Waals surface area (Å²) in [5, 5.41) is 11.0. The van der Waals surface area contributed by atoms with Crippen LogP contribution in [-0.4, -0.2) is 67.0 Å². The molecule has 12 heteroatoms. The molecule has 1 unspecified atom stereocenters. The first-order valence-electron chi connectivity index (χ1n) is 7.84. The molecule has 1 atom stereocenters. The van der Waals surface area contributed by atoms with Gasteiger partial charge in [0.05, 0.1) is 12.2 Å². The van der Waals surface area contributed by atoms with Crippen LogP contribution in [0.15, 0.2) is 16.4 Å². The van der Waals surface area contributed by atoms with Crippen LogP contribution in [0.5, 0.6) is 0 Å². The molecular weight excluding hydrogens is 398 g/mol. The molecule has 142 valence electrons. The summed E-state index contributed by atoms with van der Waals surface area (Å²) in [6, 6.07) is 0. The Morgan fingerprint density at radius 1 is 1.42 bits per heavy atom. The van der Waals surface area contributed by atoms with E-state index in [2.05, 4.69) is 15.5 Å². The minimum atomic E-state index is -3.46. The number of thioether (sulfide) groups is 1. The molecule has 0 bridgehead atoms. The number of hydrogen-bond acceptors (Lipinski definition) is 9. The van der Waals surface area contributed by atoms with Crippen molar-refractivity contribution in [3.63, 3.8) is 0 Å². The number of rotatable bonds is 4. The number of carbonyl (C=O) groups is 1. The molecule has 1 saturated heterocycles. The number of ether oxygens (including phenoxy) is 1. The summed E-state index contributed by atoms with van der Waals surface area (Å²) >= 11 is 6.69. The highest BCUT2D eigenvalue weighted by molar-refractivity contribution is 7.99. The van der Waals surface area contributed by atoms with E-state index >= 15 is 0 Å². The van der Waals surface area contributed by atoms with Gasteiger partial charge >= 0.3 is 0 Å². The average molecular weight is 418 g/mol. The molecule has 2 aliphatic rings. The third-order valence-corrected chi connectivity index (χ3v) is 7.15. The number of amides is 1. The number of hydrogen-bond donors (Lipinski definition) is 0. The van der Waals surface area contributed by atoms with Crippen molar-refractivity contribution >= 4 is 44.8 Å². The van der Waals surface area contributed by atoms with E-state index in [0.29, 0.717) is 16.4 Å². The highest BCUT2D eigenvalue weighted by Crippen LogP contribution is 2.38. The second-order valence-electron chi connectivity index (χ2n) is 7.06. The molecule has 0 N–H and O–H groups in total. The van der Waals surface area contributed by atoms with Crippen molar-refractivity contribution < 1.29 is 17.9 Å². The summed E-state index contributed by atoms with van der Waals surface area (Å²) in [5.41, 5.74) is 0.362. The fourth-order valence-electron chi connectivity index (χ4n) is 2.70. The Morgan fingerprint density at radius 2 is 2.12 bits per heavy atom. The van der Waals surface area contributed by atoms with Gasteiger partial charge in [0.15, 0.2) is 9.84 Å². The van der Waals surface area contributed by atoms with E-state index in [1.807, 2.05) is 20.8 Å². The van der Waals surface area contributed by atoms with Crippen LogP contribution in [0.1, 0.15) is 27.2 Å². The van der Waals surface area contributed by atoms with Gasteiger partial charge in [-0.2, -0.15) is 0 Å². The Morgan fingerprint density at radius 3 is 2.65 bits per heavy atom. The van der Waals surface area contributed by atoms with Gasteiger partial charge in [-0.05, 0) is 49.0 Å². The number of aromatic nitrogens is 4. The second-order valence-corrected chi connectivity index (χ2v) is 10.5. The third-order valence-electron chi connectivity index (χ3n) is 3.82. The van der Waals surface area contributed by atoms with E-state index in [1.165, 1.54) is 21.3 Å². The van der Waals surface area contributed by atoms with Gasteiger partial charge in [0.25, 0.3) is 0 Å². The summed E-state index contributed by atoms with van der Waals surface area (Å²) in [7, 11) is -1.76. The molecule has 1 aromatic heterocycles. The van der Waals surface area contributed by atoms with Gasteiger partial charge in [-0.3, -0.25) is 9.69 Å². The summed E-state index contributed by atoms with van der Waals surface area (Å²) in [6.45, 7) is 5.53. The van der Waals surface area contributed by atoms with Gasteiger partial charge in [0, 0.05) is 12.8 Å². The first-order chi connectivity index (χ1) is 12.0. The van der Waals surface area contributed by atoms with Crippen LogP contribution in [0.3, 0.4) is 0 Å². The van der Waals surface area contributed by atoms with E-state index in [-0.39, 0.29) is 28.9 Å². The molecule has 1 fully saturated rings. The molecule has 0 aliphatic carbocycles. The number of aryl methyl sites for hydroxylation is 1. The van der Waals surface area contributed by atoms with E-state index in [0.717, 1.165) is 0 Å². The molecular formula is C14H19N5O4S3. The molecule has 1 amide bonds. The van der Waals surface area contributed by atoms with Crippen LogP contribution < -0.4 is 0 Å². The Hall–Kier alpha value is -1.53. The summed E-state index contributed by atoms with van der Waals surface area (Å²) in [5.74, 6) is -0.147. The number of thiocarbonyl (C=S) groups is 1. The number of nitrogens with zero attached hydrogens (tertiary/aromatic N) is 5. The minimum Gasteiger partial charge on any atom is -0.476 e. The molecule has 1 aromatic rings. The fourth-order valence-corrected chi connectivity index (χ4v) is 6.03. The lowest BCUT2D eigenvalue weighted by molar-refractivity contribution is -0.138. The summed E-state index contributed by atoms with van der Waals surface area (Å²) in [4.78, 5) is 13.4. The normalized spacial score (nSPS) is 22.1. The van der Waals surface area contributed by atoms with Gasteiger partial charge < -0.3 is 4.74 Å². The summed E-state index contributed by atoms with van der Waals surface area (Å²) < 4.78 is 32.3. The van der Waals surface area contributed by atoms with Gasteiger partial charge in [-0.1, -0.05) is 11.8 Å². The number of tetrazole rings is 1. The lowest BCUT2D eigenvalue weighted by Gasteiger charge is -2.45. The highest BCUT2D eigenvalue weighted by Gasteiger charge is 2.52. The van der Waals surface area contributed by atoms with Crippen molar-refractivity contribution in [1.29, 1.82) is 0 Å². The predicted octanol–water partition coefficient (Wildman–Crippen LogP) is 0.686. The molecule has 0 aromatic carbocycles. The summed E-state index contributed by atoms with van der Waals surface area (Å²) in [6.07, 6.45) is -0.0163. The lowest BCUT2D eigenvalue weighted by atomic mass is 10.1. The zero-order valence-corrected chi connectivity index (χ0v) is 17.2. The number of carbonyl (C=O) groups excluding carboxylic acids is 1. The van der Waals surface area contributed by atoms with Gasteiger partial charge in [0.2, 0.25) is 16.1 Å². The van der Waals surface area contributed by atoms with Gasteiger partial charge in [0.1, 0.15) is 16.7 Å². The van der Waals surface area contributed by atoms with Gasteiger partial charge in [-0.25, -0.2) is 13.1 Å². The minimum absolute atomic E-state index is 0.0163. The molecule has 3 rings (SSSR count). The largest absolute Gasteiger partial charge is 0.476 e. The molecule has 3 heterocycles. The van der Waals surface area contributed by atoms with Crippen LogP contribution in [-0.2, 0) is 26.4 Å². The monoisotopic (exact) mass is 417 g/mol. The van der Waals surface area contributed by atoms with Crippen LogP contribution in [0, 0.1) is 0 Å². The van der Waals surface area contributed by atoms with Crippen molar-refractivity contribution in [2.45, 2.75) is 43.3 Å². The molecule has 2 aliphatic heterocycles. The molecule has 0 spiro atoms. The van der Waals surface area contributed by atoms with E-state index in [9.17, 15) is 13.2 Å². The quantitative estimate of drug-likeness (QED) is 0.397. The van der Waals surface area contributed by atoms with Crippen molar-refractivity contribution in [3.8, 4) is 0 Å². The molecule has 26 heavy (non-hydrogen) atoms. The third kappa shape index (κ3) is 3.62. The topological polar surface area (TPSA) is 107 Å². The van der Waals surface area contributed by atoms with E-state index in [4.69, 9.17) is 17.0 Å². The van der Waals surface area contributed by atoms with Crippen LogP contribution in [0.4, 0.5) is 0 Å². The Labute approximate surface area is 161 Å². The van der Waals surface area contributed by atoms with Crippen molar-refractivity contribution in [1.82, 2.24) is 25.1 Å². The predicted molar refractivity (Wildman–Crippen MR) is 99.0 cm³/mol. The van der Waals surface area contributed by atoms with Crippen LogP contribution in [0.25, 0.3) is 0 Å². The maximum Gasteiger partial charge on any atom is 0.231 e. The Balaban J connectivity index is 1.97. The Kier molecular flexibility index (Phi) is 4.86. The zero-order valence-electron chi connectivity index (χ0n) is 14.8. The van der Waals surface area contributed by atoms with Crippen molar-refractivity contribution in [2.75, 3.05) is 11.5 Å². The zero-order chi connectivity index (χ0) is 19.3. The highest BCUT2D eigenvalue weighted by atomic mass is 32.2. The van der Waals surface area contributed by atoms with Crippen molar-refractivity contribution in [2.24, 2.45) is 7.05 Å².